The van der Waals surface area contributed by atoms with E-state index in [4.69, 9.17) is 8.83 Å². The molecule has 0 amide bonds. The van der Waals surface area contributed by atoms with Crippen molar-refractivity contribution in [3.63, 3.8) is 0 Å². The number of rotatable bonds is 6. The number of aromatic nitrogens is 2. The van der Waals surface area contributed by atoms with E-state index in [2.05, 4.69) is 25.6 Å². The van der Waals surface area contributed by atoms with Gasteiger partial charge in [0.25, 0.3) is 0 Å². The zero-order chi connectivity index (χ0) is 17.6. The number of nitrogens with zero attached hydrogens (tertiary/aromatic N) is 3. The maximum absolute atomic E-state index is 5.57. The molecule has 132 valence electrons. The molecule has 25 heavy (non-hydrogen) atoms. The minimum absolute atomic E-state index is 0.424. The van der Waals surface area contributed by atoms with E-state index in [0.717, 1.165) is 28.6 Å². The molecule has 8 heteroatoms. The van der Waals surface area contributed by atoms with E-state index in [1.807, 2.05) is 38.3 Å². The third-order valence-corrected chi connectivity index (χ3v) is 4.36. The first-order valence-electron chi connectivity index (χ1n) is 8.09. The van der Waals surface area contributed by atoms with Crippen LogP contribution in [-0.2, 0) is 13.1 Å². The number of oxazole rings is 2. The van der Waals surface area contributed by atoms with E-state index in [9.17, 15) is 0 Å². The molecule has 0 saturated heterocycles. The Morgan fingerprint density at radius 1 is 1.28 bits per heavy atom. The Kier molecular flexibility index (Phi) is 5.49. The Bertz CT molecular complexity index is 816. The summed E-state index contributed by atoms with van der Waals surface area (Å²) in [6.07, 6.45) is 1.64. The van der Waals surface area contributed by atoms with Gasteiger partial charge in [0.15, 0.2) is 5.96 Å². The molecule has 3 aromatic heterocycles. The van der Waals surface area contributed by atoms with Crippen LogP contribution in [0.25, 0.3) is 10.8 Å². The summed E-state index contributed by atoms with van der Waals surface area (Å²) < 4.78 is 11.1. The van der Waals surface area contributed by atoms with Crippen LogP contribution in [0, 0.1) is 13.8 Å². The summed E-state index contributed by atoms with van der Waals surface area (Å²) in [7, 11) is 0. The van der Waals surface area contributed by atoms with Gasteiger partial charge in [-0.25, -0.2) is 15.0 Å². The topological polar surface area (TPSA) is 88.5 Å². The molecule has 0 aromatic carbocycles. The van der Waals surface area contributed by atoms with Gasteiger partial charge in [-0.15, -0.1) is 11.3 Å². The third kappa shape index (κ3) is 4.48. The van der Waals surface area contributed by atoms with Crippen molar-refractivity contribution in [1.82, 2.24) is 20.6 Å². The molecular weight excluding hydrogens is 338 g/mol. The van der Waals surface area contributed by atoms with Crippen LogP contribution in [0.2, 0.25) is 0 Å². The third-order valence-electron chi connectivity index (χ3n) is 3.51. The summed E-state index contributed by atoms with van der Waals surface area (Å²) in [5, 5.41) is 8.40. The van der Waals surface area contributed by atoms with Crippen molar-refractivity contribution >= 4 is 17.3 Å². The molecule has 0 aliphatic rings. The van der Waals surface area contributed by atoms with Crippen molar-refractivity contribution in [1.29, 1.82) is 0 Å². The van der Waals surface area contributed by atoms with Crippen molar-refractivity contribution in [3.05, 3.63) is 46.8 Å². The molecule has 7 nitrogen and oxygen atoms in total. The second-order valence-corrected chi connectivity index (χ2v) is 6.37. The summed E-state index contributed by atoms with van der Waals surface area (Å²) in [4.78, 5) is 14.4. The van der Waals surface area contributed by atoms with Gasteiger partial charge in [0.2, 0.25) is 11.8 Å². The molecule has 0 aliphatic heterocycles. The highest BCUT2D eigenvalue weighted by Crippen LogP contribution is 2.23. The van der Waals surface area contributed by atoms with E-state index in [1.165, 1.54) is 0 Å². The normalized spacial score (nSPS) is 11.7. The number of aliphatic imine (C=N–C) groups is 1. The van der Waals surface area contributed by atoms with Gasteiger partial charge in [-0.2, -0.15) is 0 Å². The Labute approximate surface area is 150 Å². The molecule has 0 atom stereocenters. The highest BCUT2D eigenvalue weighted by Gasteiger charge is 2.09. The highest BCUT2D eigenvalue weighted by atomic mass is 32.1. The predicted octanol–water partition coefficient (Wildman–Crippen LogP) is 3.26. The predicted molar refractivity (Wildman–Crippen MR) is 97.4 cm³/mol. The lowest BCUT2D eigenvalue weighted by atomic mass is 10.4. The van der Waals surface area contributed by atoms with Crippen LogP contribution in [0.4, 0.5) is 0 Å². The van der Waals surface area contributed by atoms with Gasteiger partial charge in [-0.05, 0) is 32.2 Å². The van der Waals surface area contributed by atoms with Crippen LogP contribution >= 0.6 is 11.3 Å². The number of thiophene rings is 1. The van der Waals surface area contributed by atoms with Crippen LogP contribution in [0.15, 0.2) is 37.6 Å². The number of nitrogens with one attached hydrogen (secondary N) is 2. The average molecular weight is 359 g/mol. The first-order valence-corrected chi connectivity index (χ1v) is 8.97. The molecule has 0 saturated carbocycles. The van der Waals surface area contributed by atoms with Crippen LogP contribution in [0.3, 0.4) is 0 Å². The summed E-state index contributed by atoms with van der Waals surface area (Å²) in [5.41, 5.74) is 1.69. The number of aryl methyl sites for hydroxylation is 2. The van der Waals surface area contributed by atoms with Crippen molar-refractivity contribution in [2.45, 2.75) is 33.9 Å². The SMILES string of the molecule is CCNC(=NCc1coc(-c2cccs2)n1)NCc1nc(C)c(C)o1. The van der Waals surface area contributed by atoms with Crippen molar-refractivity contribution in [3.8, 4) is 10.8 Å². The lowest BCUT2D eigenvalue weighted by Gasteiger charge is -2.09. The molecule has 0 spiro atoms. The van der Waals surface area contributed by atoms with Crippen LogP contribution in [0.1, 0.15) is 30.0 Å². The zero-order valence-corrected chi connectivity index (χ0v) is 15.3. The van der Waals surface area contributed by atoms with E-state index >= 15 is 0 Å². The van der Waals surface area contributed by atoms with Gasteiger partial charge in [0.1, 0.15) is 17.7 Å². The fraction of sp³-hybridized carbons (Fsp3) is 0.353. The second kappa shape index (κ2) is 7.98. The number of guanidine groups is 1. The summed E-state index contributed by atoms with van der Waals surface area (Å²) in [6.45, 7) is 7.50. The lowest BCUT2D eigenvalue weighted by molar-refractivity contribution is 0.463. The minimum atomic E-state index is 0.424. The lowest BCUT2D eigenvalue weighted by Crippen LogP contribution is -2.36. The molecule has 2 N–H and O–H groups in total. The largest absolute Gasteiger partial charge is 0.444 e. The van der Waals surface area contributed by atoms with Gasteiger partial charge in [0.05, 0.1) is 23.7 Å². The molecule has 0 fully saturated rings. The Hall–Kier alpha value is -2.61. The van der Waals surface area contributed by atoms with Gasteiger partial charge >= 0.3 is 0 Å². The first kappa shape index (κ1) is 17.2. The van der Waals surface area contributed by atoms with E-state index in [1.54, 1.807) is 17.6 Å². The Balaban J connectivity index is 1.61. The van der Waals surface area contributed by atoms with Crippen LogP contribution in [-0.4, -0.2) is 22.5 Å². The molecule has 3 heterocycles. The van der Waals surface area contributed by atoms with Gasteiger partial charge in [-0.1, -0.05) is 6.07 Å². The quantitative estimate of drug-likeness (QED) is 0.519. The van der Waals surface area contributed by atoms with Crippen molar-refractivity contribution in [2.24, 2.45) is 4.99 Å². The fourth-order valence-electron chi connectivity index (χ4n) is 2.17. The highest BCUT2D eigenvalue weighted by molar-refractivity contribution is 7.13. The number of hydrogen-bond acceptors (Lipinski definition) is 6. The molecular formula is C17H21N5O2S. The molecule has 0 bridgehead atoms. The molecule has 0 aliphatic carbocycles. The summed E-state index contributed by atoms with van der Waals surface area (Å²) >= 11 is 1.60. The van der Waals surface area contributed by atoms with Crippen molar-refractivity contribution in [2.75, 3.05) is 6.54 Å². The molecule has 0 unspecified atom stereocenters. The molecule has 3 aromatic rings. The smallest absolute Gasteiger partial charge is 0.236 e. The maximum Gasteiger partial charge on any atom is 0.236 e. The summed E-state index contributed by atoms with van der Waals surface area (Å²) in [6, 6.07) is 3.96. The zero-order valence-electron chi connectivity index (χ0n) is 14.5. The Morgan fingerprint density at radius 2 is 2.16 bits per heavy atom. The standard InChI is InChI=1S/C17H21N5O2S/c1-4-18-17(20-9-15-21-11(2)12(3)24-15)19-8-13-10-23-16(22-13)14-6-5-7-25-14/h5-7,10H,4,8-9H2,1-3H3,(H2,18,19,20). The van der Waals surface area contributed by atoms with Crippen molar-refractivity contribution < 1.29 is 8.83 Å². The first-order chi connectivity index (χ1) is 12.2. The van der Waals surface area contributed by atoms with E-state index < -0.39 is 0 Å². The monoisotopic (exact) mass is 359 g/mol. The maximum atomic E-state index is 5.57. The fourth-order valence-corrected chi connectivity index (χ4v) is 2.82. The Morgan fingerprint density at radius 3 is 2.84 bits per heavy atom. The van der Waals surface area contributed by atoms with Gasteiger partial charge in [-0.3, -0.25) is 0 Å². The average Bonchev–Trinajstić information content (AvgIpc) is 3.32. The number of hydrogen-bond donors (Lipinski definition) is 2. The summed E-state index contributed by atoms with van der Waals surface area (Å²) in [5.74, 6) is 2.78. The van der Waals surface area contributed by atoms with E-state index in [-0.39, 0.29) is 0 Å². The van der Waals surface area contributed by atoms with Gasteiger partial charge in [0, 0.05) is 6.54 Å². The molecule has 3 rings (SSSR count). The second-order valence-electron chi connectivity index (χ2n) is 5.42. The van der Waals surface area contributed by atoms with Gasteiger partial charge < -0.3 is 19.5 Å². The van der Waals surface area contributed by atoms with Crippen LogP contribution < -0.4 is 10.6 Å². The van der Waals surface area contributed by atoms with Crippen LogP contribution in [0.5, 0.6) is 0 Å². The molecule has 0 radical (unpaired) electrons. The minimum Gasteiger partial charge on any atom is -0.444 e. The van der Waals surface area contributed by atoms with E-state index in [0.29, 0.717) is 30.8 Å².